The Kier molecular flexibility index (Phi) is 7.56. The molecule has 0 unspecified atom stereocenters. The molecule has 120 valence electrons. The molecule has 0 aliphatic heterocycles. The van der Waals surface area contributed by atoms with E-state index in [9.17, 15) is 14.4 Å². The number of unbranched alkanes of at least 4 members (excludes halogenated alkanes) is 2. The summed E-state index contributed by atoms with van der Waals surface area (Å²) in [4.78, 5) is 40.4. The molecule has 0 atom stereocenters. The van der Waals surface area contributed by atoms with Crippen LogP contribution in [0.1, 0.15) is 52.4 Å². The Hall–Kier alpha value is -1.79. The van der Waals surface area contributed by atoms with Crippen LogP contribution in [0, 0.1) is 5.92 Å². The van der Waals surface area contributed by atoms with Crippen molar-refractivity contribution in [2.75, 3.05) is 13.1 Å². The van der Waals surface area contributed by atoms with Crippen molar-refractivity contribution in [3.05, 3.63) is 0 Å². The SMILES string of the molecule is CCCCNC(=O)ON(C(=O)NCCCC)C(=O)C1CC1. The molecule has 0 aromatic rings. The molecule has 0 aromatic carbocycles. The van der Waals surface area contributed by atoms with Gasteiger partial charge in [-0.1, -0.05) is 31.8 Å². The molecular weight excluding hydrogens is 274 g/mol. The van der Waals surface area contributed by atoms with Crippen molar-refractivity contribution in [3.63, 3.8) is 0 Å². The average molecular weight is 299 g/mol. The highest BCUT2D eigenvalue weighted by Gasteiger charge is 2.38. The van der Waals surface area contributed by atoms with Gasteiger partial charge in [0, 0.05) is 19.0 Å². The Morgan fingerprint density at radius 1 is 1.05 bits per heavy atom. The van der Waals surface area contributed by atoms with E-state index in [1.54, 1.807) is 0 Å². The predicted octanol–water partition coefficient (Wildman–Crippen LogP) is 2.18. The fourth-order valence-electron chi connectivity index (χ4n) is 1.61. The van der Waals surface area contributed by atoms with Gasteiger partial charge in [-0.05, 0) is 25.7 Å². The summed E-state index contributed by atoms with van der Waals surface area (Å²) < 4.78 is 0. The maximum atomic E-state index is 12.0. The van der Waals surface area contributed by atoms with Crippen molar-refractivity contribution < 1.29 is 19.2 Å². The van der Waals surface area contributed by atoms with Gasteiger partial charge in [0.15, 0.2) is 0 Å². The molecule has 1 rings (SSSR count). The molecule has 0 heterocycles. The minimum Gasteiger partial charge on any atom is -0.335 e. The van der Waals surface area contributed by atoms with E-state index in [4.69, 9.17) is 4.84 Å². The number of hydrogen-bond acceptors (Lipinski definition) is 4. The largest absolute Gasteiger partial charge is 0.432 e. The smallest absolute Gasteiger partial charge is 0.335 e. The molecule has 0 aromatic heterocycles. The zero-order chi connectivity index (χ0) is 15.7. The van der Waals surface area contributed by atoms with Crippen LogP contribution in [0.4, 0.5) is 9.59 Å². The lowest BCUT2D eigenvalue weighted by Crippen LogP contribution is -2.47. The number of rotatable bonds is 7. The minimum absolute atomic E-state index is 0.203. The highest BCUT2D eigenvalue weighted by molar-refractivity contribution is 5.96. The second-order valence-corrected chi connectivity index (χ2v) is 5.15. The zero-order valence-corrected chi connectivity index (χ0v) is 12.8. The first-order valence-electron chi connectivity index (χ1n) is 7.67. The van der Waals surface area contributed by atoms with E-state index in [0.29, 0.717) is 18.2 Å². The lowest BCUT2D eigenvalue weighted by Gasteiger charge is -2.19. The van der Waals surface area contributed by atoms with Crippen LogP contribution in [0.3, 0.4) is 0 Å². The van der Waals surface area contributed by atoms with E-state index in [2.05, 4.69) is 10.6 Å². The fourth-order valence-corrected chi connectivity index (χ4v) is 1.61. The first kappa shape index (κ1) is 17.3. The number of imide groups is 1. The third kappa shape index (κ3) is 6.46. The summed E-state index contributed by atoms with van der Waals surface area (Å²) in [6.07, 6.45) is 4.17. The molecule has 0 saturated heterocycles. The summed E-state index contributed by atoms with van der Waals surface area (Å²) >= 11 is 0. The molecule has 7 nitrogen and oxygen atoms in total. The topological polar surface area (TPSA) is 87.7 Å². The first-order valence-corrected chi connectivity index (χ1v) is 7.67. The molecule has 7 heteroatoms. The lowest BCUT2D eigenvalue weighted by atomic mass is 10.3. The quantitative estimate of drug-likeness (QED) is 0.557. The lowest BCUT2D eigenvalue weighted by molar-refractivity contribution is -0.154. The van der Waals surface area contributed by atoms with Gasteiger partial charge >= 0.3 is 12.1 Å². The summed E-state index contributed by atoms with van der Waals surface area (Å²) in [6, 6.07) is -0.675. The molecule has 1 fully saturated rings. The van der Waals surface area contributed by atoms with E-state index in [0.717, 1.165) is 38.5 Å². The van der Waals surface area contributed by atoms with Gasteiger partial charge in [0.25, 0.3) is 5.91 Å². The number of nitrogens with one attached hydrogen (secondary N) is 2. The molecule has 0 spiro atoms. The predicted molar refractivity (Wildman–Crippen MR) is 77.3 cm³/mol. The van der Waals surface area contributed by atoms with Gasteiger partial charge in [-0.2, -0.15) is 0 Å². The summed E-state index contributed by atoms with van der Waals surface area (Å²) in [5, 5.41) is 5.66. The number of carbonyl (C=O) groups is 3. The third-order valence-electron chi connectivity index (χ3n) is 3.09. The highest BCUT2D eigenvalue weighted by atomic mass is 16.7. The van der Waals surface area contributed by atoms with Crippen molar-refractivity contribution in [1.82, 2.24) is 15.7 Å². The maximum Gasteiger partial charge on any atom is 0.432 e. The van der Waals surface area contributed by atoms with Gasteiger partial charge in [0.05, 0.1) is 0 Å². The number of hydroxylamine groups is 2. The van der Waals surface area contributed by atoms with Crippen LogP contribution in [0.2, 0.25) is 0 Å². The Morgan fingerprint density at radius 2 is 1.62 bits per heavy atom. The molecule has 0 bridgehead atoms. The first-order chi connectivity index (χ1) is 10.1. The van der Waals surface area contributed by atoms with E-state index in [1.165, 1.54) is 0 Å². The van der Waals surface area contributed by atoms with Gasteiger partial charge in [-0.15, -0.1) is 0 Å². The summed E-state index contributed by atoms with van der Waals surface area (Å²) in [5.41, 5.74) is 0. The van der Waals surface area contributed by atoms with Gasteiger partial charge in [0.1, 0.15) is 0 Å². The van der Waals surface area contributed by atoms with E-state index < -0.39 is 18.0 Å². The van der Waals surface area contributed by atoms with Crippen LogP contribution >= 0.6 is 0 Å². The molecule has 1 aliphatic carbocycles. The van der Waals surface area contributed by atoms with E-state index in [1.807, 2.05) is 13.8 Å². The normalized spacial score (nSPS) is 13.4. The number of urea groups is 1. The van der Waals surface area contributed by atoms with E-state index >= 15 is 0 Å². The Bertz CT molecular complexity index is 369. The third-order valence-corrected chi connectivity index (χ3v) is 3.09. The van der Waals surface area contributed by atoms with Crippen LogP contribution in [-0.2, 0) is 9.63 Å². The number of amides is 4. The Morgan fingerprint density at radius 3 is 2.14 bits per heavy atom. The van der Waals surface area contributed by atoms with Crippen molar-refractivity contribution in [2.45, 2.75) is 52.4 Å². The Balaban J connectivity index is 2.49. The second kappa shape index (κ2) is 9.20. The highest BCUT2D eigenvalue weighted by Crippen LogP contribution is 2.31. The maximum absolute atomic E-state index is 12.0. The Labute approximate surface area is 125 Å². The molecular formula is C14H25N3O4. The summed E-state index contributed by atoms with van der Waals surface area (Å²) in [6.45, 7) is 4.90. The molecule has 2 N–H and O–H groups in total. The van der Waals surface area contributed by atoms with Crippen LogP contribution in [-0.4, -0.2) is 36.2 Å². The molecule has 0 radical (unpaired) electrons. The van der Waals surface area contributed by atoms with Crippen molar-refractivity contribution in [3.8, 4) is 0 Å². The molecule has 21 heavy (non-hydrogen) atoms. The van der Waals surface area contributed by atoms with Crippen molar-refractivity contribution in [2.24, 2.45) is 5.92 Å². The van der Waals surface area contributed by atoms with Crippen molar-refractivity contribution >= 4 is 18.0 Å². The van der Waals surface area contributed by atoms with Crippen LogP contribution in [0.5, 0.6) is 0 Å². The van der Waals surface area contributed by atoms with E-state index in [-0.39, 0.29) is 5.92 Å². The second-order valence-electron chi connectivity index (χ2n) is 5.15. The number of nitrogens with zero attached hydrogens (tertiary/aromatic N) is 1. The number of hydrogen-bond donors (Lipinski definition) is 2. The van der Waals surface area contributed by atoms with Crippen molar-refractivity contribution in [1.29, 1.82) is 0 Å². The molecule has 1 aliphatic rings. The standard InChI is InChI=1S/C14H25N3O4/c1-3-5-9-15-13(19)17(12(18)11-7-8-11)21-14(20)16-10-6-4-2/h11H,3-10H2,1-2H3,(H,15,19)(H,16,20). The van der Waals surface area contributed by atoms with Gasteiger partial charge in [0.2, 0.25) is 0 Å². The van der Waals surface area contributed by atoms with Crippen LogP contribution in [0.25, 0.3) is 0 Å². The van der Waals surface area contributed by atoms with Crippen LogP contribution in [0.15, 0.2) is 0 Å². The van der Waals surface area contributed by atoms with Crippen LogP contribution < -0.4 is 10.6 Å². The molecule has 4 amide bonds. The number of carbonyl (C=O) groups excluding carboxylic acids is 3. The minimum atomic E-state index is -0.775. The van der Waals surface area contributed by atoms with Gasteiger partial charge in [-0.25, -0.2) is 9.59 Å². The summed E-state index contributed by atoms with van der Waals surface area (Å²) in [5.74, 6) is -0.653. The monoisotopic (exact) mass is 299 g/mol. The average Bonchev–Trinajstić information content (AvgIpc) is 3.29. The summed E-state index contributed by atoms with van der Waals surface area (Å²) in [7, 11) is 0. The van der Waals surface area contributed by atoms with Gasteiger partial charge < -0.3 is 15.5 Å². The van der Waals surface area contributed by atoms with Gasteiger partial charge in [-0.3, -0.25) is 4.79 Å². The zero-order valence-electron chi connectivity index (χ0n) is 12.8. The fraction of sp³-hybridized carbons (Fsp3) is 0.786. The molecule has 1 saturated carbocycles.